The molecule has 0 amide bonds. The topological polar surface area (TPSA) is 73.3 Å². The summed E-state index contributed by atoms with van der Waals surface area (Å²) in [6.45, 7) is 0. The minimum absolute atomic E-state index is 0.108. The number of rotatable bonds is 3. The van der Waals surface area contributed by atoms with E-state index in [1.54, 1.807) is 6.07 Å². The number of hydrogen-bond donors (Lipinski definition) is 0. The number of hydrogen-bond acceptors (Lipinski definition) is 4. The lowest BCUT2D eigenvalue weighted by Crippen LogP contribution is -1.92. The van der Waals surface area contributed by atoms with Gasteiger partial charge >= 0.3 is 0 Å². The van der Waals surface area contributed by atoms with Crippen LogP contribution in [0.15, 0.2) is 37.6 Å². The number of furan rings is 1. The third kappa shape index (κ3) is 2.37. The number of nitro benzene ring substituents is 1. The van der Waals surface area contributed by atoms with Crippen molar-refractivity contribution in [1.29, 1.82) is 0 Å². The molecule has 0 unspecified atom stereocenters. The third-order valence-electron chi connectivity index (χ3n) is 2.22. The van der Waals surface area contributed by atoms with Gasteiger partial charge in [0.15, 0.2) is 12.0 Å². The molecule has 0 bridgehead atoms. The maximum atomic E-state index is 11.0. The van der Waals surface area contributed by atoms with Gasteiger partial charge in [-0.1, -0.05) is 15.9 Å². The first-order valence-corrected chi connectivity index (χ1v) is 6.30. The lowest BCUT2D eigenvalue weighted by molar-refractivity contribution is -0.384. The molecule has 1 aromatic carbocycles. The Morgan fingerprint density at radius 3 is 2.56 bits per heavy atom. The minimum atomic E-state index is -0.506. The van der Waals surface area contributed by atoms with E-state index in [2.05, 4.69) is 31.9 Å². The van der Waals surface area contributed by atoms with E-state index in [9.17, 15) is 14.9 Å². The number of nitro groups is 1. The van der Waals surface area contributed by atoms with Crippen LogP contribution in [-0.2, 0) is 0 Å². The smallest absolute Gasteiger partial charge is 0.282 e. The minimum Gasteiger partial charge on any atom is -0.453 e. The van der Waals surface area contributed by atoms with Crippen molar-refractivity contribution in [2.75, 3.05) is 0 Å². The molecule has 0 aliphatic rings. The second kappa shape index (κ2) is 5.03. The van der Waals surface area contributed by atoms with Gasteiger partial charge < -0.3 is 4.42 Å². The van der Waals surface area contributed by atoms with Crippen molar-refractivity contribution in [1.82, 2.24) is 0 Å². The fourth-order valence-corrected chi connectivity index (χ4v) is 2.90. The van der Waals surface area contributed by atoms with Crippen molar-refractivity contribution in [3.8, 4) is 11.3 Å². The van der Waals surface area contributed by atoms with E-state index in [1.807, 2.05) is 0 Å². The fourth-order valence-electron chi connectivity index (χ4n) is 1.50. The van der Waals surface area contributed by atoms with Crippen LogP contribution in [-0.4, -0.2) is 11.2 Å². The molecule has 0 saturated heterocycles. The molecule has 5 nitrogen and oxygen atoms in total. The molecule has 2 rings (SSSR count). The predicted octanol–water partition coefficient (Wildman–Crippen LogP) is 4.19. The summed E-state index contributed by atoms with van der Waals surface area (Å²) < 4.78 is 6.30. The van der Waals surface area contributed by atoms with Crippen LogP contribution in [0.2, 0.25) is 0 Å². The number of benzene rings is 1. The van der Waals surface area contributed by atoms with Crippen LogP contribution in [0, 0.1) is 10.1 Å². The van der Waals surface area contributed by atoms with Crippen molar-refractivity contribution < 1.29 is 14.1 Å². The highest BCUT2D eigenvalue weighted by atomic mass is 79.9. The van der Waals surface area contributed by atoms with Crippen molar-refractivity contribution >= 4 is 43.8 Å². The fraction of sp³-hybridized carbons (Fsp3) is 0. The second-order valence-corrected chi connectivity index (χ2v) is 5.13. The van der Waals surface area contributed by atoms with Gasteiger partial charge in [0.05, 0.1) is 4.92 Å². The molecule has 0 aliphatic heterocycles. The molecule has 1 aromatic heterocycles. The van der Waals surface area contributed by atoms with Gasteiger partial charge in [-0.15, -0.1) is 0 Å². The average Bonchev–Trinajstić information content (AvgIpc) is 2.76. The highest BCUT2D eigenvalue weighted by Gasteiger charge is 2.22. The van der Waals surface area contributed by atoms with Crippen LogP contribution in [0.25, 0.3) is 11.3 Å². The van der Waals surface area contributed by atoms with E-state index >= 15 is 0 Å². The van der Waals surface area contributed by atoms with Gasteiger partial charge in [0, 0.05) is 15.0 Å². The molecule has 0 saturated carbocycles. The summed E-state index contributed by atoms with van der Waals surface area (Å²) in [5.41, 5.74) is 0.194. The first-order valence-electron chi connectivity index (χ1n) is 4.71. The summed E-state index contributed by atoms with van der Waals surface area (Å²) >= 11 is 6.44. The van der Waals surface area contributed by atoms with Gasteiger partial charge in [-0.05, 0) is 34.1 Å². The zero-order valence-corrected chi connectivity index (χ0v) is 11.9. The number of aldehydes is 1. The summed E-state index contributed by atoms with van der Waals surface area (Å²) in [5, 5.41) is 11.0. The maximum absolute atomic E-state index is 11.0. The van der Waals surface area contributed by atoms with E-state index in [0.717, 1.165) is 0 Å². The monoisotopic (exact) mass is 373 g/mol. The molecule has 0 aliphatic carbocycles. The van der Waals surface area contributed by atoms with Crippen molar-refractivity contribution in [2.24, 2.45) is 0 Å². The van der Waals surface area contributed by atoms with Crippen LogP contribution in [0.3, 0.4) is 0 Å². The SMILES string of the molecule is O=Cc1ccc(-c2c(Br)cc(Br)cc2[N+](=O)[O-])o1. The Kier molecular flexibility index (Phi) is 3.63. The van der Waals surface area contributed by atoms with Gasteiger partial charge in [-0.2, -0.15) is 0 Å². The van der Waals surface area contributed by atoms with Gasteiger partial charge in [0.2, 0.25) is 0 Å². The Labute approximate surface area is 118 Å². The molecule has 7 heteroatoms. The van der Waals surface area contributed by atoms with Crippen LogP contribution in [0.5, 0.6) is 0 Å². The Bertz CT molecular complexity index is 636. The lowest BCUT2D eigenvalue weighted by Gasteiger charge is -2.03. The third-order valence-corrected chi connectivity index (χ3v) is 3.30. The summed E-state index contributed by atoms with van der Waals surface area (Å²) in [7, 11) is 0. The largest absolute Gasteiger partial charge is 0.453 e. The molecule has 0 radical (unpaired) electrons. The first kappa shape index (κ1) is 13.0. The number of carbonyl (C=O) groups is 1. The number of halogens is 2. The number of nitrogens with zero attached hydrogens (tertiary/aromatic N) is 1. The van der Waals surface area contributed by atoms with Gasteiger partial charge in [-0.25, -0.2) is 0 Å². The summed E-state index contributed by atoms with van der Waals surface area (Å²) in [6.07, 6.45) is 0.544. The summed E-state index contributed by atoms with van der Waals surface area (Å²) in [4.78, 5) is 21.1. The zero-order valence-electron chi connectivity index (χ0n) is 8.72. The van der Waals surface area contributed by atoms with E-state index in [4.69, 9.17) is 4.42 Å². The molecule has 1 heterocycles. The van der Waals surface area contributed by atoms with Crippen molar-refractivity contribution in [2.45, 2.75) is 0 Å². The quantitative estimate of drug-likeness (QED) is 0.458. The zero-order chi connectivity index (χ0) is 13.3. The van der Waals surface area contributed by atoms with Crippen LogP contribution >= 0.6 is 31.9 Å². The van der Waals surface area contributed by atoms with Gasteiger partial charge in [0.1, 0.15) is 11.3 Å². The highest BCUT2D eigenvalue weighted by molar-refractivity contribution is 9.11. The molecular weight excluding hydrogens is 370 g/mol. The Hall–Kier alpha value is -1.47. The van der Waals surface area contributed by atoms with E-state index in [-0.39, 0.29) is 17.2 Å². The van der Waals surface area contributed by atoms with Crippen molar-refractivity contribution in [3.63, 3.8) is 0 Å². The van der Waals surface area contributed by atoms with Crippen LogP contribution < -0.4 is 0 Å². The molecule has 0 atom stereocenters. The second-order valence-electron chi connectivity index (χ2n) is 3.36. The van der Waals surface area contributed by atoms with Crippen LogP contribution in [0.4, 0.5) is 5.69 Å². The first-order chi connectivity index (χ1) is 8.52. The Balaban J connectivity index is 2.69. The highest BCUT2D eigenvalue weighted by Crippen LogP contribution is 2.39. The van der Waals surface area contributed by atoms with E-state index in [0.29, 0.717) is 20.8 Å². The Morgan fingerprint density at radius 2 is 2.00 bits per heavy atom. The summed E-state index contributed by atoms with van der Waals surface area (Å²) in [5.74, 6) is 0.386. The van der Waals surface area contributed by atoms with Gasteiger partial charge in [-0.3, -0.25) is 14.9 Å². The molecule has 92 valence electrons. The normalized spacial score (nSPS) is 10.3. The average molecular weight is 375 g/mol. The van der Waals surface area contributed by atoms with E-state index in [1.165, 1.54) is 18.2 Å². The maximum Gasteiger partial charge on any atom is 0.282 e. The van der Waals surface area contributed by atoms with E-state index < -0.39 is 4.92 Å². The standard InChI is InChI=1S/C11H5Br2NO4/c12-6-3-8(13)11(9(4-6)14(16)17)10-2-1-7(5-15)18-10/h1-5H. The molecule has 0 spiro atoms. The lowest BCUT2D eigenvalue weighted by atomic mass is 10.1. The molecule has 0 fully saturated rings. The Morgan fingerprint density at radius 1 is 1.28 bits per heavy atom. The summed E-state index contributed by atoms with van der Waals surface area (Å²) in [6, 6.07) is 6.03. The molecule has 18 heavy (non-hydrogen) atoms. The number of carbonyl (C=O) groups excluding carboxylic acids is 1. The molecular formula is C11H5Br2NO4. The van der Waals surface area contributed by atoms with Crippen LogP contribution in [0.1, 0.15) is 10.6 Å². The molecule has 2 aromatic rings. The van der Waals surface area contributed by atoms with Gasteiger partial charge in [0.25, 0.3) is 5.69 Å². The van der Waals surface area contributed by atoms with Crippen molar-refractivity contribution in [3.05, 3.63) is 49.1 Å². The molecule has 0 N–H and O–H groups in total. The predicted molar refractivity (Wildman–Crippen MR) is 71.6 cm³/mol.